The first-order chi connectivity index (χ1) is 11.8. The molecule has 4 rings (SSSR count). The lowest BCUT2D eigenvalue weighted by Gasteiger charge is -2.20. The van der Waals surface area contributed by atoms with Gasteiger partial charge in [0.25, 0.3) is 0 Å². The zero-order valence-electron chi connectivity index (χ0n) is 12.6. The lowest BCUT2D eigenvalue weighted by atomic mass is 10.1. The van der Waals surface area contributed by atoms with Crippen molar-refractivity contribution in [3.05, 3.63) is 58.6 Å². The van der Waals surface area contributed by atoms with Gasteiger partial charge in [0, 0.05) is 21.9 Å². The summed E-state index contributed by atoms with van der Waals surface area (Å²) in [4.78, 5) is 0. The highest BCUT2D eigenvalue weighted by atomic mass is 35.5. The van der Waals surface area contributed by atoms with E-state index >= 15 is 0 Å². The van der Waals surface area contributed by atoms with Crippen molar-refractivity contribution in [3.63, 3.8) is 0 Å². The summed E-state index contributed by atoms with van der Waals surface area (Å²) in [7, 11) is 0. The average molecular weight is 361 g/mol. The number of nitrogens with zero attached hydrogens (tertiary/aromatic N) is 4. The van der Waals surface area contributed by atoms with Gasteiger partial charge in [-0.3, -0.25) is 0 Å². The second kappa shape index (κ2) is 6.80. The Kier molecular flexibility index (Phi) is 4.38. The van der Waals surface area contributed by atoms with Crippen LogP contribution in [0.1, 0.15) is 11.1 Å². The minimum atomic E-state index is 0.258. The first-order valence-corrected chi connectivity index (χ1v) is 8.66. The van der Waals surface area contributed by atoms with Gasteiger partial charge in [-0.2, -0.15) is 4.68 Å². The zero-order chi connectivity index (χ0) is 16.4. The van der Waals surface area contributed by atoms with Crippen LogP contribution in [0.3, 0.4) is 0 Å². The second-order valence-corrected chi connectivity index (χ2v) is 6.54. The Bertz CT molecular complexity index is 857. The monoisotopic (exact) mass is 360 g/mol. The predicted molar refractivity (Wildman–Crippen MR) is 90.5 cm³/mol. The van der Waals surface area contributed by atoms with Crippen LogP contribution < -0.4 is 4.74 Å². The highest BCUT2D eigenvalue weighted by Gasteiger charge is 2.18. The Morgan fingerprint density at radius 3 is 2.96 bits per heavy atom. The van der Waals surface area contributed by atoms with Gasteiger partial charge in [0.15, 0.2) is 6.79 Å². The highest BCUT2D eigenvalue weighted by Crippen LogP contribution is 2.35. The van der Waals surface area contributed by atoms with Crippen LogP contribution in [0, 0.1) is 0 Å². The molecule has 0 unspecified atom stereocenters. The summed E-state index contributed by atoms with van der Waals surface area (Å²) in [6, 6.07) is 13.6. The number of benzene rings is 2. The van der Waals surface area contributed by atoms with Crippen molar-refractivity contribution in [1.29, 1.82) is 0 Å². The standard InChI is InChI=1S/C16H13ClN4O2S/c17-13-6-11-8-22-10-23-15(11)12(7-13)9-24-16-18-19-20-21(16)14-4-2-1-3-5-14/h1-7H,8-10H2. The van der Waals surface area contributed by atoms with Crippen LogP contribution in [-0.2, 0) is 17.1 Å². The smallest absolute Gasteiger partial charge is 0.214 e. The van der Waals surface area contributed by atoms with E-state index in [4.69, 9.17) is 21.1 Å². The number of tetrazole rings is 1. The van der Waals surface area contributed by atoms with Crippen LogP contribution in [0.15, 0.2) is 47.6 Å². The number of rotatable bonds is 4. The van der Waals surface area contributed by atoms with Crippen LogP contribution in [-0.4, -0.2) is 27.0 Å². The Balaban J connectivity index is 1.59. The van der Waals surface area contributed by atoms with Gasteiger partial charge in [-0.1, -0.05) is 41.6 Å². The Morgan fingerprint density at radius 1 is 1.21 bits per heavy atom. The maximum absolute atomic E-state index is 6.20. The summed E-state index contributed by atoms with van der Waals surface area (Å²) in [6.07, 6.45) is 0. The van der Waals surface area contributed by atoms with E-state index in [1.54, 1.807) is 4.68 Å². The summed E-state index contributed by atoms with van der Waals surface area (Å²) in [6.45, 7) is 0.767. The van der Waals surface area contributed by atoms with E-state index in [9.17, 15) is 0 Å². The molecule has 2 aromatic carbocycles. The molecule has 6 nitrogen and oxygen atoms in total. The lowest BCUT2D eigenvalue weighted by Crippen LogP contribution is -2.13. The van der Waals surface area contributed by atoms with E-state index in [0.29, 0.717) is 22.5 Å². The Hall–Kier alpha value is -2.09. The minimum Gasteiger partial charge on any atom is -0.467 e. The molecule has 0 radical (unpaired) electrons. The number of hydrogen-bond donors (Lipinski definition) is 0. The van der Waals surface area contributed by atoms with Gasteiger partial charge in [0.1, 0.15) is 5.75 Å². The molecule has 0 atom stereocenters. The summed E-state index contributed by atoms with van der Waals surface area (Å²) >= 11 is 7.73. The van der Waals surface area contributed by atoms with Crippen LogP contribution >= 0.6 is 23.4 Å². The Labute approximate surface area is 147 Å². The number of fused-ring (bicyclic) bond motifs is 1. The molecule has 24 heavy (non-hydrogen) atoms. The summed E-state index contributed by atoms with van der Waals surface area (Å²) in [5, 5.41) is 13.3. The highest BCUT2D eigenvalue weighted by molar-refractivity contribution is 7.98. The molecular weight excluding hydrogens is 348 g/mol. The van der Waals surface area contributed by atoms with Gasteiger partial charge >= 0.3 is 0 Å². The molecule has 2 heterocycles. The molecule has 1 aliphatic rings. The molecule has 0 saturated heterocycles. The quantitative estimate of drug-likeness (QED) is 0.664. The molecule has 1 aromatic heterocycles. The van der Waals surface area contributed by atoms with Crippen molar-refractivity contribution >= 4 is 23.4 Å². The van der Waals surface area contributed by atoms with Crippen molar-refractivity contribution in [2.75, 3.05) is 6.79 Å². The van der Waals surface area contributed by atoms with Crippen LogP contribution in [0.4, 0.5) is 0 Å². The van der Waals surface area contributed by atoms with Gasteiger partial charge in [0.2, 0.25) is 5.16 Å². The third-order valence-electron chi connectivity index (χ3n) is 3.55. The van der Waals surface area contributed by atoms with Gasteiger partial charge in [0.05, 0.1) is 12.3 Å². The predicted octanol–water partition coefficient (Wildman–Crippen LogP) is 3.47. The molecule has 0 saturated carbocycles. The largest absolute Gasteiger partial charge is 0.467 e. The molecule has 0 spiro atoms. The molecule has 0 fully saturated rings. The van der Waals surface area contributed by atoms with Crippen molar-refractivity contribution in [1.82, 2.24) is 20.2 Å². The van der Waals surface area contributed by atoms with Gasteiger partial charge < -0.3 is 9.47 Å². The fourth-order valence-corrected chi connectivity index (χ4v) is 3.63. The molecule has 0 N–H and O–H groups in total. The van der Waals surface area contributed by atoms with Crippen LogP contribution in [0.2, 0.25) is 5.02 Å². The average Bonchev–Trinajstić information content (AvgIpc) is 3.09. The van der Waals surface area contributed by atoms with Crippen molar-refractivity contribution < 1.29 is 9.47 Å². The van der Waals surface area contributed by atoms with Crippen molar-refractivity contribution in [2.24, 2.45) is 0 Å². The number of aromatic nitrogens is 4. The lowest BCUT2D eigenvalue weighted by molar-refractivity contribution is -0.0168. The fraction of sp³-hybridized carbons (Fsp3) is 0.188. The van der Waals surface area contributed by atoms with E-state index in [-0.39, 0.29) is 6.79 Å². The molecule has 0 bridgehead atoms. The first kappa shape index (κ1) is 15.4. The maximum atomic E-state index is 6.20. The van der Waals surface area contributed by atoms with Crippen molar-refractivity contribution in [2.45, 2.75) is 17.5 Å². The SMILES string of the molecule is Clc1cc2c(c(CSc3nnnn3-c3ccccc3)c1)OCOC2. The second-order valence-electron chi connectivity index (χ2n) is 5.16. The van der Waals surface area contributed by atoms with E-state index in [0.717, 1.165) is 22.6 Å². The van der Waals surface area contributed by atoms with Gasteiger partial charge in [-0.25, -0.2) is 0 Å². The van der Waals surface area contributed by atoms with Crippen molar-refractivity contribution in [3.8, 4) is 11.4 Å². The van der Waals surface area contributed by atoms with E-state index in [2.05, 4.69) is 15.5 Å². The summed E-state index contributed by atoms with van der Waals surface area (Å²) < 4.78 is 12.7. The summed E-state index contributed by atoms with van der Waals surface area (Å²) in [5.41, 5.74) is 2.89. The first-order valence-electron chi connectivity index (χ1n) is 7.30. The zero-order valence-corrected chi connectivity index (χ0v) is 14.1. The molecule has 122 valence electrons. The fourth-order valence-electron chi connectivity index (χ4n) is 2.51. The molecular formula is C16H13ClN4O2S. The third-order valence-corrected chi connectivity index (χ3v) is 4.74. The van der Waals surface area contributed by atoms with Gasteiger partial charge in [-0.05, 0) is 34.7 Å². The number of hydrogen-bond acceptors (Lipinski definition) is 6. The normalized spacial score (nSPS) is 13.4. The number of para-hydroxylation sites is 1. The number of thioether (sulfide) groups is 1. The topological polar surface area (TPSA) is 62.1 Å². The molecule has 3 aromatic rings. The molecule has 0 aliphatic carbocycles. The maximum Gasteiger partial charge on any atom is 0.214 e. The molecule has 1 aliphatic heterocycles. The molecule has 8 heteroatoms. The van der Waals surface area contributed by atoms with E-state index in [1.807, 2.05) is 42.5 Å². The summed E-state index contributed by atoms with van der Waals surface area (Å²) in [5.74, 6) is 1.49. The minimum absolute atomic E-state index is 0.258. The molecule has 0 amide bonds. The Morgan fingerprint density at radius 2 is 2.08 bits per heavy atom. The number of halogens is 1. The van der Waals surface area contributed by atoms with E-state index in [1.165, 1.54) is 11.8 Å². The number of ether oxygens (including phenoxy) is 2. The van der Waals surface area contributed by atoms with E-state index < -0.39 is 0 Å². The van der Waals surface area contributed by atoms with Crippen LogP contribution in [0.25, 0.3) is 5.69 Å². The van der Waals surface area contributed by atoms with Gasteiger partial charge in [-0.15, -0.1) is 5.10 Å². The van der Waals surface area contributed by atoms with Crippen LogP contribution in [0.5, 0.6) is 5.75 Å². The third kappa shape index (κ3) is 3.10.